The molecule has 102 valence electrons. The van der Waals surface area contributed by atoms with Gasteiger partial charge in [0.1, 0.15) is 18.4 Å². The van der Waals surface area contributed by atoms with E-state index in [-0.39, 0.29) is 30.1 Å². The molecule has 2 rings (SSSR count). The number of nitrogens with zero attached hydrogens (tertiary/aromatic N) is 1. The van der Waals surface area contributed by atoms with Crippen molar-refractivity contribution in [1.82, 2.24) is 5.32 Å². The number of nitrogens with one attached hydrogen (secondary N) is 1. The lowest BCUT2D eigenvalue weighted by Crippen LogP contribution is -2.60. The van der Waals surface area contributed by atoms with Gasteiger partial charge in [-0.2, -0.15) is 0 Å². The van der Waals surface area contributed by atoms with Crippen molar-refractivity contribution in [3.63, 3.8) is 0 Å². The summed E-state index contributed by atoms with van der Waals surface area (Å²) in [4.78, 5) is 25.5. The molecule has 1 aromatic carbocycles. The average molecular weight is 264 g/mol. The lowest BCUT2D eigenvalue weighted by Gasteiger charge is -2.35. The van der Waals surface area contributed by atoms with E-state index in [1.165, 1.54) is 29.2 Å². The first-order chi connectivity index (χ1) is 9.02. The summed E-state index contributed by atoms with van der Waals surface area (Å²) in [7, 11) is 0. The third-order valence-electron chi connectivity index (χ3n) is 3.50. The summed E-state index contributed by atoms with van der Waals surface area (Å²) in [6.07, 6.45) is 0.800. The molecule has 0 bridgehead atoms. The van der Waals surface area contributed by atoms with Gasteiger partial charge in [0.05, 0.1) is 0 Å². The van der Waals surface area contributed by atoms with Crippen LogP contribution in [0.2, 0.25) is 0 Å². The fourth-order valence-corrected chi connectivity index (χ4v) is 2.13. The fraction of sp³-hybridized carbons (Fsp3) is 0.429. The molecule has 2 unspecified atom stereocenters. The number of hydrogen-bond donors (Lipinski definition) is 1. The van der Waals surface area contributed by atoms with Crippen molar-refractivity contribution in [3.05, 3.63) is 30.1 Å². The molecule has 19 heavy (non-hydrogen) atoms. The maximum atomic E-state index is 12.9. The van der Waals surface area contributed by atoms with Gasteiger partial charge in [0.15, 0.2) is 0 Å². The third-order valence-corrected chi connectivity index (χ3v) is 3.50. The van der Waals surface area contributed by atoms with Gasteiger partial charge in [-0.1, -0.05) is 20.3 Å². The molecule has 2 atom stereocenters. The van der Waals surface area contributed by atoms with E-state index >= 15 is 0 Å². The van der Waals surface area contributed by atoms with Gasteiger partial charge in [-0.15, -0.1) is 0 Å². The second-order valence-electron chi connectivity index (χ2n) is 4.83. The number of rotatable bonds is 3. The zero-order valence-corrected chi connectivity index (χ0v) is 11.0. The van der Waals surface area contributed by atoms with E-state index in [2.05, 4.69) is 5.32 Å². The summed E-state index contributed by atoms with van der Waals surface area (Å²) in [5, 5.41) is 2.72. The summed E-state index contributed by atoms with van der Waals surface area (Å²) < 4.78 is 12.9. The van der Waals surface area contributed by atoms with Crippen molar-refractivity contribution in [1.29, 1.82) is 0 Å². The maximum absolute atomic E-state index is 12.9. The molecule has 2 amide bonds. The van der Waals surface area contributed by atoms with Crippen molar-refractivity contribution >= 4 is 17.5 Å². The summed E-state index contributed by atoms with van der Waals surface area (Å²) in [6, 6.07) is 5.09. The number of hydrogen-bond acceptors (Lipinski definition) is 2. The van der Waals surface area contributed by atoms with Gasteiger partial charge < -0.3 is 10.2 Å². The monoisotopic (exact) mass is 264 g/mol. The molecule has 1 N–H and O–H groups in total. The van der Waals surface area contributed by atoms with Gasteiger partial charge >= 0.3 is 0 Å². The van der Waals surface area contributed by atoms with Gasteiger partial charge in [-0.3, -0.25) is 9.59 Å². The highest BCUT2D eigenvalue weighted by Gasteiger charge is 2.36. The zero-order valence-electron chi connectivity index (χ0n) is 11.0. The lowest BCUT2D eigenvalue weighted by atomic mass is 9.96. The molecule has 1 fully saturated rings. The van der Waals surface area contributed by atoms with E-state index in [4.69, 9.17) is 0 Å². The fourth-order valence-electron chi connectivity index (χ4n) is 2.13. The molecule has 0 aromatic heterocycles. The SMILES string of the molecule is CCC(C)C1NC(=O)CN(c2ccc(F)cc2)C1=O. The van der Waals surface area contributed by atoms with Crippen LogP contribution in [0.25, 0.3) is 0 Å². The summed E-state index contributed by atoms with van der Waals surface area (Å²) >= 11 is 0. The normalized spacial score (nSPS) is 21.2. The Morgan fingerprint density at radius 3 is 2.58 bits per heavy atom. The second-order valence-corrected chi connectivity index (χ2v) is 4.83. The van der Waals surface area contributed by atoms with Crippen molar-refractivity contribution in [2.24, 2.45) is 5.92 Å². The smallest absolute Gasteiger partial charge is 0.250 e. The first-order valence-electron chi connectivity index (χ1n) is 6.39. The Morgan fingerprint density at radius 2 is 2.00 bits per heavy atom. The molecule has 1 saturated heterocycles. The molecule has 0 aliphatic carbocycles. The molecule has 0 spiro atoms. The Morgan fingerprint density at radius 1 is 1.37 bits per heavy atom. The summed E-state index contributed by atoms with van der Waals surface area (Å²) in [5.74, 6) is -0.620. The van der Waals surface area contributed by atoms with Crippen molar-refractivity contribution < 1.29 is 14.0 Å². The van der Waals surface area contributed by atoms with Crippen molar-refractivity contribution in [3.8, 4) is 0 Å². The number of piperazine rings is 1. The van der Waals surface area contributed by atoms with Crippen LogP contribution in [0, 0.1) is 11.7 Å². The Labute approximate surface area is 111 Å². The molecule has 0 saturated carbocycles. The van der Waals surface area contributed by atoms with Crippen LogP contribution in [0.5, 0.6) is 0 Å². The number of amides is 2. The Bertz CT molecular complexity index is 487. The largest absolute Gasteiger partial charge is 0.342 e. The zero-order chi connectivity index (χ0) is 14.0. The highest BCUT2D eigenvalue weighted by Crippen LogP contribution is 2.21. The minimum atomic E-state index is -0.503. The number of anilines is 1. The van der Waals surface area contributed by atoms with Crippen LogP contribution in [0.15, 0.2) is 24.3 Å². The first kappa shape index (κ1) is 13.5. The van der Waals surface area contributed by atoms with E-state index in [0.717, 1.165) is 6.42 Å². The van der Waals surface area contributed by atoms with E-state index in [9.17, 15) is 14.0 Å². The second kappa shape index (κ2) is 5.38. The Balaban J connectivity index is 2.27. The van der Waals surface area contributed by atoms with Crippen LogP contribution >= 0.6 is 0 Å². The summed E-state index contributed by atoms with van der Waals surface area (Å²) in [6.45, 7) is 3.88. The predicted molar refractivity (Wildman–Crippen MR) is 70.1 cm³/mol. The molecular weight excluding hydrogens is 247 g/mol. The van der Waals surface area contributed by atoms with E-state index < -0.39 is 6.04 Å². The van der Waals surface area contributed by atoms with Gasteiger partial charge in [-0.05, 0) is 30.2 Å². The van der Waals surface area contributed by atoms with Gasteiger partial charge in [0, 0.05) is 5.69 Å². The quantitative estimate of drug-likeness (QED) is 0.903. The standard InChI is InChI=1S/C14H17FN2O2/c1-3-9(2)13-14(19)17(8-12(18)16-13)11-6-4-10(15)5-7-11/h4-7,9,13H,3,8H2,1-2H3,(H,16,18). The number of carbonyl (C=O) groups excluding carboxylic acids is 2. The van der Waals surface area contributed by atoms with Crippen LogP contribution < -0.4 is 10.2 Å². The van der Waals surface area contributed by atoms with Gasteiger partial charge in [-0.25, -0.2) is 4.39 Å². The van der Waals surface area contributed by atoms with Crippen LogP contribution in [-0.4, -0.2) is 24.4 Å². The minimum Gasteiger partial charge on any atom is -0.342 e. The van der Waals surface area contributed by atoms with Crippen molar-refractivity contribution in [2.45, 2.75) is 26.3 Å². The van der Waals surface area contributed by atoms with Crippen molar-refractivity contribution in [2.75, 3.05) is 11.4 Å². The molecule has 1 aromatic rings. The molecule has 5 heteroatoms. The highest BCUT2D eigenvalue weighted by atomic mass is 19.1. The van der Waals surface area contributed by atoms with Crippen LogP contribution in [-0.2, 0) is 9.59 Å². The molecule has 1 heterocycles. The van der Waals surface area contributed by atoms with Gasteiger partial charge in [0.25, 0.3) is 0 Å². The van der Waals surface area contributed by atoms with Crippen LogP contribution in [0.4, 0.5) is 10.1 Å². The molecule has 0 radical (unpaired) electrons. The highest BCUT2D eigenvalue weighted by molar-refractivity contribution is 6.06. The predicted octanol–water partition coefficient (Wildman–Crippen LogP) is 1.70. The Kier molecular flexibility index (Phi) is 3.83. The number of benzene rings is 1. The minimum absolute atomic E-state index is 0.0165. The van der Waals surface area contributed by atoms with E-state index in [1.54, 1.807) is 0 Å². The molecule has 1 aliphatic heterocycles. The third kappa shape index (κ3) is 2.75. The summed E-state index contributed by atoms with van der Waals surface area (Å²) in [5.41, 5.74) is 0.551. The van der Waals surface area contributed by atoms with Crippen LogP contribution in [0.1, 0.15) is 20.3 Å². The number of carbonyl (C=O) groups is 2. The van der Waals surface area contributed by atoms with Gasteiger partial charge in [0.2, 0.25) is 11.8 Å². The topological polar surface area (TPSA) is 49.4 Å². The molecular formula is C14H17FN2O2. The first-order valence-corrected chi connectivity index (χ1v) is 6.39. The van der Waals surface area contributed by atoms with E-state index in [0.29, 0.717) is 5.69 Å². The van der Waals surface area contributed by atoms with Crippen LogP contribution in [0.3, 0.4) is 0 Å². The Hall–Kier alpha value is -1.91. The average Bonchev–Trinajstić information content (AvgIpc) is 2.41. The number of halogens is 1. The lowest BCUT2D eigenvalue weighted by molar-refractivity contribution is -0.132. The van der Waals surface area contributed by atoms with E-state index in [1.807, 2.05) is 13.8 Å². The molecule has 4 nitrogen and oxygen atoms in total. The molecule has 1 aliphatic rings. The maximum Gasteiger partial charge on any atom is 0.250 e.